The van der Waals surface area contributed by atoms with E-state index >= 15 is 0 Å². The van der Waals surface area contributed by atoms with Crippen LogP contribution in [0.3, 0.4) is 0 Å². The first-order valence-electron chi connectivity index (χ1n) is 7.25. The van der Waals surface area contributed by atoms with E-state index in [9.17, 15) is 13.9 Å². The van der Waals surface area contributed by atoms with Gasteiger partial charge in [0.15, 0.2) is 0 Å². The van der Waals surface area contributed by atoms with Crippen LogP contribution in [0, 0.1) is 5.82 Å². The van der Waals surface area contributed by atoms with E-state index in [1.165, 1.54) is 18.3 Å². The van der Waals surface area contributed by atoms with Gasteiger partial charge in [-0.05, 0) is 31.4 Å². The second kappa shape index (κ2) is 5.96. The predicted molar refractivity (Wildman–Crippen MR) is 79.3 cm³/mol. The standard InChI is InChI=1S/C16H17F2N3O/c17-11-3-1-2-10(6-11)15-16(19)20-8-13(21-15)9-4-5-14(22)12(18)7-9/h1-3,6,8-9,12,14,22H,4-5,7H2,(H2,19,20)/t9-,12+,14-/m1/s1. The highest BCUT2D eigenvalue weighted by molar-refractivity contribution is 5.69. The minimum Gasteiger partial charge on any atom is -0.390 e. The number of aliphatic hydroxyl groups is 1. The number of nitrogens with zero attached hydrogens (tertiary/aromatic N) is 2. The number of anilines is 1. The third kappa shape index (κ3) is 2.92. The van der Waals surface area contributed by atoms with E-state index < -0.39 is 12.3 Å². The molecule has 0 bridgehead atoms. The van der Waals surface area contributed by atoms with Crippen LogP contribution in [0.4, 0.5) is 14.6 Å². The van der Waals surface area contributed by atoms with Crippen molar-refractivity contribution >= 4 is 5.82 Å². The van der Waals surface area contributed by atoms with E-state index in [0.717, 1.165) is 0 Å². The number of benzene rings is 1. The lowest BCUT2D eigenvalue weighted by Gasteiger charge is -2.28. The first-order chi connectivity index (χ1) is 10.5. The van der Waals surface area contributed by atoms with Crippen LogP contribution in [-0.2, 0) is 0 Å². The number of aromatic nitrogens is 2. The summed E-state index contributed by atoms with van der Waals surface area (Å²) in [6, 6.07) is 5.96. The zero-order valence-corrected chi connectivity index (χ0v) is 11.9. The molecule has 3 N–H and O–H groups in total. The van der Waals surface area contributed by atoms with E-state index in [1.807, 2.05) is 0 Å². The first-order valence-corrected chi connectivity index (χ1v) is 7.25. The van der Waals surface area contributed by atoms with Crippen molar-refractivity contribution in [1.29, 1.82) is 0 Å². The molecule has 4 nitrogen and oxygen atoms in total. The van der Waals surface area contributed by atoms with Gasteiger partial charge in [-0.1, -0.05) is 12.1 Å². The van der Waals surface area contributed by atoms with Crippen molar-refractivity contribution in [2.45, 2.75) is 37.5 Å². The van der Waals surface area contributed by atoms with Crippen LogP contribution in [0.15, 0.2) is 30.5 Å². The van der Waals surface area contributed by atoms with Gasteiger partial charge in [-0.2, -0.15) is 0 Å². The number of hydrogen-bond donors (Lipinski definition) is 2. The maximum absolute atomic E-state index is 13.7. The normalized spacial score (nSPS) is 25.1. The second-order valence-electron chi connectivity index (χ2n) is 5.63. The van der Waals surface area contributed by atoms with Crippen LogP contribution >= 0.6 is 0 Å². The van der Waals surface area contributed by atoms with Crippen molar-refractivity contribution in [3.05, 3.63) is 42.0 Å². The molecule has 1 aromatic heterocycles. The monoisotopic (exact) mass is 305 g/mol. The first kappa shape index (κ1) is 14.8. The van der Waals surface area contributed by atoms with Crippen LogP contribution in [0.5, 0.6) is 0 Å². The highest BCUT2D eigenvalue weighted by Crippen LogP contribution is 2.35. The van der Waals surface area contributed by atoms with E-state index in [4.69, 9.17) is 5.73 Å². The summed E-state index contributed by atoms with van der Waals surface area (Å²) in [5.74, 6) is -0.283. The van der Waals surface area contributed by atoms with Gasteiger partial charge in [-0.15, -0.1) is 0 Å². The average Bonchev–Trinajstić information content (AvgIpc) is 2.50. The molecule has 3 atom stereocenters. The van der Waals surface area contributed by atoms with Crippen LogP contribution in [0.2, 0.25) is 0 Å². The topological polar surface area (TPSA) is 72.0 Å². The summed E-state index contributed by atoms with van der Waals surface area (Å²) in [6.07, 6.45) is 0.627. The van der Waals surface area contributed by atoms with E-state index in [0.29, 0.717) is 29.8 Å². The number of nitrogens with two attached hydrogens (primary N) is 1. The van der Waals surface area contributed by atoms with Gasteiger partial charge in [0, 0.05) is 11.5 Å². The number of hydrogen-bond acceptors (Lipinski definition) is 4. The maximum Gasteiger partial charge on any atom is 0.150 e. The molecule has 0 unspecified atom stereocenters. The summed E-state index contributed by atoms with van der Waals surface area (Å²) in [5.41, 5.74) is 7.41. The molecule has 1 aliphatic rings. The summed E-state index contributed by atoms with van der Waals surface area (Å²) < 4.78 is 27.1. The van der Waals surface area contributed by atoms with Gasteiger partial charge in [0.1, 0.15) is 23.5 Å². The van der Waals surface area contributed by atoms with Crippen LogP contribution in [0.25, 0.3) is 11.3 Å². The van der Waals surface area contributed by atoms with E-state index in [-0.39, 0.29) is 24.0 Å². The molecule has 1 heterocycles. The fourth-order valence-corrected chi connectivity index (χ4v) is 2.83. The third-order valence-electron chi connectivity index (χ3n) is 4.07. The minimum atomic E-state index is -1.25. The Labute approximate surface area is 127 Å². The molecule has 1 saturated carbocycles. The summed E-state index contributed by atoms with van der Waals surface area (Å²) in [4.78, 5) is 8.58. The molecule has 0 amide bonds. The largest absolute Gasteiger partial charge is 0.390 e. The molecule has 0 aliphatic heterocycles. The predicted octanol–water partition coefficient (Wildman–Crippen LogP) is 2.83. The van der Waals surface area contributed by atoms with Crippen molar-refractivity contribution in [2.24, 2.45) is 0 Å². The Kier molecular flexibility index (Phi) is 4.02. The number of aliphatic hydroxyl groups excluding tert-OH is 1. The SMILES string of the molecule is Nc1ncc([C@@H]2CC[C@@H](O)[C@@H](F)C2)nc1-c1cccc(F)c1. The highest BCUT2D eigenvalue weighted by atomic mass is 19.1. The van der Waals surface area contributed by atoms with Crippen LogP contribution in [0.1, 0.15) is 30.9 Å². The highest BCUT2D eigenvalue weighted by Gasteiger charge is 2.31. The molecule has 3 rings (SSSR count). The summed E-state index contributed by atoms with van der Waals surface area (Å²) in [6.45, 7) is 0. The molecule has 0 spiro atoms. The molecule has 2 aromatic rings. The lowest BCUT2D eigenvalue weighted by Crippen LogP contribution is -2.30. The quantitative estimate of drug-likeness (QED) is 0.895. The molecule has 22 heavy (non-hydrogen) atoms. The van der Waals surface area contributed by atoms with E-state index in [1.54, 1.807) is 12.1 Å². The molecule has 1 fully saturated rings. The zero-order valence-electron chi connectivity index (χ0n) is 11.9. The smallest absolute Gasteiger partial charge is 0.150 e. The van der Waals surface area contributed by atoms with E-state index in [2.05, 4.69) is 9.97 Å². The van der Waals surface area contributed by atoms with Crippen molar-refractivity contribution < 1.29 is 13.9 Å². The molecule has 1 aromatic carbocycles. The summed E-state index contributed by atoms with van der Waals surface area (Å²) in [5, 5.41) is 9.48. The number of rotatable bonds is 2. The third-order valence-corrected chi connectivity index (χ3v) is 4.07. The van der Waals surface area contributed by atoms with Crippen LogP contribution in [-0.4, -0.2) is 27.4 Å². The Morgan fingerprint density at radius 3 is 2.82 bits per heavy atom. The second-order valence-corrected chi connectivity index (χ2v) is 5.63. The maximum atomic E-state index is 13.7. The number of alkyl halides is 1. The number of halogens is 2. The van der Waals surface area contributed by atoms with Crippen molar-refractivity contribution in [3.63, 3.8) is 0 Å². The summed E-state index contributed by atoms with van der Waals surface area (Å²) >= 11 is 0. The molecule has 0 saturated heterocycles. The van der Waals surface area contributed by atoms with Gasteiger partial charge in [0.2, 0.25) is 0 Å². The van der Waals surface area contributed by atoms with Crippen molar-refractivity contribution in [1.82, 2.24) is 9.97 Å². The Bertz CT molecular complexity index is 680. The average molecular weight is 305 g/mol. The lowest BCUT2D eigenvalue weighted by atomic mass is 9.84. The fraction of sp³-hybridized carbons (Fsp3) is 0.375. The minimum absolute atomic E-state index is 0.112. The fourth-order valence-electron chi connectivity index (χ4n) is 2.83. The Morgan fingerprint density at radius 1 is 1.27 bits per heavy atom. The Balaban J connectivity index is 1.93. The zero-order chi connectivity index (χ0) is 15.7. The molecule has 116 valence electrons. The molecule has 6 heteroatoms. The Hall–Kier alpha value is -2.08. The molecular formula is C16H17F2N3O. The van der Waals surface area contributed by atoms with Gasteiger partial charge in [-0.25, -0.2) is 18.7 Å². The Morgan fingerprint density at radius 2 is 2.09 bits per heavy atom. The molecule has 0 radical (unpaired) electrons. The lowest BCUT2D eigenvalue weighted by molar-refractivity contribution is 0.0363. The summed E-state index contributed by atoms with van der Waals surface area (Å²) in [7, 11) is 0. The van der Waals surface area contributed by atoms with Gasteiger partial charge in [0.05, 0.1) is 18.0 Å². The van der Waals surface area contributed by atoms with Crippen molar-refractivity contribution in [2.75, 3.05) is 5.73 Å². The molecular weight excluding hydrogens is 288 g/mol. The van der Waals surface area contributed by atoms with Gasteiger partial charge in [-0.3, -0.25) is 0 Å². The number of nitrogen functional groups attached to an aromatic ring is 1. The van der Waals surface area contributed by atoms with Gasteiger partial charge >= 0.3 is 0 Å². The van der Waals surface area contributed by atoms with Gasteiger partial charge < -0.3 is 10.8 Å². The van der Waals surface area contributed by atoms with Gasteiger partial charge in [0.25, 0.3) is 0 Å². The molecule has 1 aliphatic carbocycles. The van der Waals surface area contributed by atoms with Crippen molar-refractivity contribution in [3.8, 4) is 11.3 Å². The van der Waals surface area contributed by atoms with Crippen LogP contribution < -0.4 is 5.73 Å².